The van der Waals surface area contributed by atoms with Gasteiger partial charge < -0.3 is 5.32 Å². The van der Waals surface area contributed by atoms with E-state index in [1.54, 1.807) is 0 Å². The Labute approximate surface area is 119 Å². The van der Waals surface area contributed by atoms with Crippen LogP contribution in [0.5, 0.6) is 0 Å². The third kappa shape index (κ3) is 3.58. The molecule has 2 aromatic rings. The Morgan fingerprint density at radius 1 is 1.37 bits per heavy atom. The van der Waals surface area contributed by atoms with E-state index in [1.165, 1.54) is 11.1 Å². The monoisotopic (exact) mass is 277 g/mol. The maximum absolute atomic E-state index is 6.10. The zero-order valence-electron chi connectivity index (χ0n) is 11.7. The third-order valence-corrected chi connectivity index (χ3v) is 3.27. The van der Waals surface area contributed by atoms with Gasteiger partial charge in [0.25, 0.3) is 0 Å². The molecular weight excluding hydrogens is 258 g/mol. The van der Waals surface area contributed by atoms with E-state index in [1.807, 2.05) is 23.0 Å². The first kappa shape index (κ1) is 14.1. The maximum atomic E-state index is 6.10. The minimum atomic E-state index is 0.449. The predicted octanol–water partition coefficient (Wildman–Crippen LogP) is 3.72. The van der Waals surface area contributed by atoms with Crippen molar-refractivity contribution < 1.29 is 0 Å². The summed E-state index contributed by atoms with van der Waals surface area (Å²) in [6.07, 6.45) is 3.98. The van der Waals surface area contributed by atoms with Gasteiger partial charge in [-0.2, -0.15) is 5.10 Å². The molecule has 0 fully saturated rings. The molecule has 4 heteroatoms. The molecule has 1 N–H and O–H groups in total. The van der Waals surface area contributed by atoms with Crippen molar-refractivity contribution in [3.05, 3.63) is 41.2 Å². The van der Waals surface area contributed by atoms with E-state index in [2.05, 4.69) is 43.4 Å². The fraction of sp³-hybridized carbons (Fsp3) is 0.400. The van der Waals surface area contributed by atoms with Gasteiger partial charge in [0.05, 0.1) is 6.20 Å². The smallest absolute Gasteiger partial charge is 0.0568 e. The Morgan fingerprint density at radius 2 is 2.16 bits per heavy atom. The van der Waals surface area contributed by atoms with Crippen molar-refractivity contribution in [1.82, 2.24) is 15.1 Å². The van der Waals surface area contributed by atoms with Gasteiger partial charge >= 0.3 is 0 Å². The van der Waals surface area contributed by atoms with Gasteiger partial charge in [0, 0.05) is 35.9 Å². The molecule has 0 saturated carbocycles. The highest BCUT2D eigenvalue weighted by molar-refractivity contribution is 6.30. The van der Waals surface area contributed by atoms with Crippen LogP contribution in [0.1, 0.15) is 26.3 Å². The molecule has 1 aromatic heterocycles. The summed E-state index contributed by atoms with van der Waals surface area (Å²) in [6.45, 7) is 8.05. The molecule has 1 heterocycles. The Hall–Kier alpha value is -1.32. The molecular formula is C15H20ClN3. The Balaban J connectivity index is 2.32. The largest absolute Gasteiger partial charge is 0.310 e. The molecule has 2 rings (SSSR count). The predicted molar refractivity (Wildman–Crippen MR) is 80.3 cm³/mol. The lowest BCUT2D eigenvalue weighted by molar-refractivity contribution is 0.589. The van der Waals surface area contributed by atoms with E-state index in [9.17, 15) is 0 Å². The number of hydrogen-bond donors (Lipinski definition) is 1. The first-order valence-electron chi connectivity index (χ1n) is 6.64. The van der Waals surface area contributed by atoms with Gasteiger partial charge in [-0.25, -0.2) is 0 Å². The van der Waals surface area contributed by atoms with Crippen molar-refractivity contribution >= 4 is 11.6 Å². The van der Waals surface area contributed by atoms with Crippen LogP contribution in [0.2, 0.25) is 5.02 Å². The molecule has 0 saturated heterocycles. The van der Waals surface area contributed by atoms with Gasteiger partial charge in [-0.3, -0.25) is 4.68 Å². The van der Waals surface area contributed by atoms with Crippen LogP contribution in [0.3, 0.4) is 0 Å². The van der Waals surface area contributed by atoms with Gasteiger partial charge in [0.1, 0.15) is 0 Å². The summed E-state index contributed by atoms with van der Waals surface area (Å²) in [5, 5.41) is 8.54. The van der Waals surface area contributed by atoms with Crippen LogP contribution in [-0.4, -0.2) is 15.8 Å². The topological polar surface area (TPSA) is 29.9 Å². The van der Waals surface area contributed by atoms with E-state index in [-0.39, 0.29) is 0 Å². The molecule has 3 nitrogen and oxygen atoms in total. The molecule has 0 bridgehead atoms. The summed E-state index contributed by atoms with van der Waals surface area (Å²) in [6, 6.07) is 6.47. The second kappa shape index (κ2) is 6.22. The lowest BCUT2D eigenvalue weighted by atomic mass is 10.0. The highest BCUT2D eigenvalue weighted by atomic mass is 35.5. The average molecular weight is 278 g/mol. The van der Waals surface area contributed by atoms with Crippen LogP contribution in [-0.2, 0) is 13.1 Å². The number of aryl methyl sites for hydroxylation is 1. The molecule has 1 aromatic carbocycles. The number of nitrogens with one attached hydrogen (secondary N) is 1. The second-order valence-corrected chi connectivity index (χ2v) is 5.36. The van der Waals surface area contributed by atoms with E-state index in [0.717, 1.165) is 23.7 Å². The minimum absolute atomic E-state index is 0.449. The van der Waals surface area contributed by atoms with Crippen LogP contribution < -0.4 is 5.32 Å². The molecule has 0 aliphatic heterocycles. The number of rotatable bonds is 5. The fourth-order valence-electron chi connectivity index (χ4n) is 1.98. The van der Waals surface area contributed by atoms with Gasteiger partial charge in [0.15, 0.2) is 0 Å². The van der Waals surface area contributed by atoms with Crippen molar-refractivity contribution in [2.45, 2.75) is 39.9 Å². The summed E-state index contributed by atoms with van der Waals surface area (Å²) in [4.78, 5) is 0. The number of benzene rings is 1. The zero-order valence-corrected chi connectivity index (χ0v) is 12.4. The van der Waals surface area contributed by atoms with Crippen molar-refractivity contribution in [3.63, 3.8) is 0 Å². The average Bonchev–Trinajstić information content (AvgIpc) is 2.85. The van der Waals surface area contributed by atoms with Crippen molar-refractivity contribution in [2.75, 3.05) is 0 Å². The van der Waals surface area contributed by atoms with E-state index in [0.29, 0.717) is 6.04 Å². The second-order valence-electron chi connectivity index (χ2n) is 4.92. The van der Waals surface area contributed by atoms with E-state index < -0.39 is 0 Å². The lowest BCUT2D eigenvalue weighted by Crippen LogP contribution is -2.22. The van der Waals surface area contributed by atoms with E-state index >= 15 is 0 Å². The first-order chi connectivity index (χ1) is 9.10. The summed E-state index contributed by atoms with van der Waals surface area (Å²) >= 11 is 6.10. The maximum Gasteiger partial charge on any atom is 0.0568 e. The zero-order chi connectivity index (χ0) is 13.8. The lowest BCUT2D eigenvalue weighted by Gasteiger charge is -2.12. The number of halogens is 1. The van der Waals surface area contributed by atoms with Crippen LogP contribution in [0, 0.1) is 0 Å². The molecule has 0 radical (unpaired) electrons. The molecule has 0 aliphatic rings. The molecule has 102 valence electrons. The normalized spacial score (nSPS) is 11.2. The van der Waals surface area contributed by atoms with Crippen molar-refractivity contribution in [2.24, 2.45) is 0 Å². The Kier molecular flexibility index (Phi) is 4.61. The molecule has 0 aliphatic carbocycles. The number of aromatic nitrogens is 2. The first-order valence-corrected chi connectivity index (χ1v) is 7.02. The van der Waals surface area contributed by atoms with Crippen molar-refractivity contribution in [3.8, 4) is 11.1 Å². The Bertz CT molecular complexity index is 546. The number of hydrogen-bond acceptors (Lipinski definition) is 2. The summed E-state index contributed by atoms with van der Waals surface area (Å²) in [5.41, 5.74) is 3.54. The van der Waals surface area contributed by atoms with Crippen molar-refractivity contribution in [1.29, 1.82) is 0 Å². The molecule has 0 atom stereocenters. The SMILES string of the molecule is CCn1cc(-c2ccc(Cl)cc2CNC(C)C)cn1. The van der Waals surface area contributed by atoms with E-state index in [4.69, 9.17) is 11.6 Å². The summed E-state index contributed by atoms with van der Waals surface area (Å²) < 4.78 is 1.93. The van der Waals surface area contributed by atoms with Crippen LogP contribution in [0.4, 0.5) is 0 Å². The molecule has 19 heavy (non-hydrogen) atoms. The van der Waals surface area contributed by atoms with Gasteiger partial charge in [-0.15, -0.1) is 0 Å². The van der Waals surface area contributed by atoms with Crippen LogP contribution in [0.25, 0.3) is 11.1 Å². The van der Waals surface area contributed by atoms with Gasteiger partial charge in [-0.1, -0.05) is 31.5 Å². The number of nitrogens with zero attached hydrogens (tertiary/aromatic N) is 2. The molecule has 0 amide bonds. The highest BCUT2D eigenvalue weighted by Gasteiger charge is 2.08. The summed E-state index contributed by atoms with van der Waals surface area (Å²) in [7, 11) is 0. The fourth-order valence-corrected chi connectivity index (χ4v) is 2.17. The highest BCUT2D eigenvalue weighted by Crippen LogP contribution is 2.26. The van der Waals surface area contributed by atoms with Gasteiger partial charge in [0.2, 0.25) is 0 Å². The Morgan fingerprint density at radius 3 is 2.79 bits per heavy atom. The minimum Gasteiger partial charge on any atom is -0.310 e. The standard InChI is InChI=1S/C15H20ClN3/c1-4-19-10-13(9-18-19)15-6-5-14(16)7-12(15)8-17-11(2)3/h5-7,9-11,17H,4,8H2,1-3H3. The third-order valence-electron chi connectivity index (χ3n) is 3.04. The van der Waals surface area contributed by atoms with Crippen LogP contribution in [0.15, 0.2) is 30.6 Å². The molecule has 0 unspecified atom stereocenters. The summed E-state index contributed by atoms with van der Waals surface area (Å²) in [5.74, 6) is 0. The van der Waals surface area contributed by atoms with Crippen LogP contribution >= 0.6 is 11.6 Å². The van der Waals surface area contributed by atoms with Gasteiger partial charge in [-0.05, 0) is 30.2 Å². The molecule has 0 spiro atoms. The quantitative estimate of drug-likeness (QED) is 0.903.